The molecular formula is C7H14O7Ti. The molecule has 0 aromatic heterocycles. The van der Waals surface area contributed by atoms with Crippen molar-refractivity contribution in [3.05, 3.63) is 0 Å². The van der Waals surface area contributed by atoms with E-state index in [9.17, 15) is 14.4 Å². The number of hydrogen-bond donors (Lipinski definition) is 4. The number of carbonyl (C=O) groups is 3. The van der Waals surface area contributed by atoms with Crippen LogP contribution in [0.25, 0.3) is 0 Å². The van der Waals surface area contributed by atoms with E-state index in [0.717, 1.165) is 0 Å². The average molecular weight is 258 g/mol. The van der Waals surface area contributed by atoms with E-state index in [1.54, 1.807) is 0 Å². The summed E-state index contributed by atoms with van der Waals surface area (Å²) >= 11 is -5.00. The molecule has 0 bridgehead atoms. The van der Waals surface area contributed by atoms with Gasteiger partial charge in [0.2, 0.25) is 0 Å². The standard InChI is InChI=1S/C7H10O3.4H2O.Ti/c1-4(8)7(5(2)9)6(3)10;;;;;/h7H,1-3H3;4*1H2;/q;;;;;+4/p-4. The molecule has 0 saturated carbocycles. The topological polar surface area (TPSA) is 132 Å². The molecule has 0 rings (SSSR count). The quantitative estimate of drug-likeness (QED) is 0.344. The third kappa shape index (κ3) is 13.6. The summed E-state index contributed by atoms with van der Waals surface area (Å²) in [6, 6.07) is 0. The van der Waals surface area contributed by atoms with E-state index in [-0.39, 0.29) is 17.3 Å². The van der Waals surface area contributed by atoms with E-state index in [2.05, 4.69) is 0 Å². The van der Waals surface area contributed by atoms with Gasteiger partial charge in [-0.2, -0.15) is 0 Å². The summed E-state index contributed by atoms with van der Waals surface area (Å²) in [5.74, 6) is -2.15. The molecule has 0 aliphatic rings. The molecule has 0 fully saturated rings. The Bertz CT molecular complexity index is 215. The second-order valence-electron chi connectivity index (χ2n) is 2.86. The average Bonchev–Trinajstić information content (AvgIpc) is 1.77. The minimum absolute atomic E-state index is 0.375. The van der Waals surface area contributed by atoms with Crippen LogP contribution in [0.5, 0.6) is 0 Å². The Labute approximate surface area is 91.6 Å². The molecule has 0 heterocycles. The maximum absolute atomic E-state index is 10.6. The molecule has 88 valence electrons. The molecule has 0 aliphatic heterocycles. The third-order valence-electron chi connectivity index (χ3n) is 1.22. The van der Waals surface area contributed by atoms with Crippen molar-refractivity contribution >= 4 is 17.3 Å². The zero-order chi connectivity index (χ0) is 12.8. The van der Waals surface area contributed by atoms with Gasteiger partial charge in [-0.15, -0.1) is 0 Å². The predicted octanol–water partition coefficient (Wildman–Crippen LogP) is -1.86. The molecule has 4 N–H and O–H groups in total. The van der Waals surface area contributed by atoms with Crippen molar-refractivity contribution in [3.63, 3.8) is 0 Å². The van der Waals surface area contributed by atoms with Gasteiger partial charge in [-0.1, -0.05) is 0 Å². The SMILES string of the molecule is CC(=O)C(C(C)=O)C(C)=O.[OH][Ti]([OH])([OH])[OH]. The van der Waals surface area contributed by atoms with Crippen LogP contribution in [0.2, 0.25) is 0 Å². The van der Waals surface area contributed by atoms with Gasteiger partial charge in [-0.3, -0.25) is 14.4 Å². The van der Waals surface area contributed by atoms with Gasteiger partial charge in [-0.25, -0.2) is 0 Å². The van der Waals surface area contributed by atoms with Crippen molar-refractivity contribution < 1.29 is 47.3 Å². The molecule has 0 amide bonds. The van der Waals surface area contributed by atoms with Gasteiger partial charge in [0.25, 0.3) is 0 Å². The van der Waals surface area contributed by atoms with Crippen molar-refractivity contribution in [1.29, 1.82) is 0 Å². The number of carbonyl (C=O) groups excluding carboxylic acids is 3. The first kappa shape index (κ1) is 17.0. The fraction of sp³-hybridized carbons (Fsp3) is 0.571. The molecule has 0 spiro atoms. The summed E-state index contributed by atoms with van der Waals surface area (Å²) in [5, 5.41) is 0. The second-order valence-corrected chi connectivity index (χ2v) is 4.74. The van der Waals surface area contributed by atoms with Gasteiger partial charge in [0.05, 0.1) is 0 Å². The number of rotatable bonds is 3. The van der Waals surface area contributed by atoms with Crippen molar-refractivity contribution in [2.75, 3.05) is 0 Å². The molecular weight excluding hydrogens is 244 g/mol. The van der Waals surface area contributed by atoms with Crippen molar-refractivity contribution in [3.8, 4) is 0 Å². The molecule has 8 heteroatoms. The van der Waals surface area contributed by atoms with E-state index in [4.69, 9.17) is 14.8 Å². The molecule has 0 aromatic carbocycles. The fourth-order valence-corrected chi connectivity index (χ4v) is 0.859. The van der Waals surface area contributed by atoms with Crippen LogP contribution in [0, 0.1) is 5.92 Å². The Morgan fingerprint density at radius 1 is 0.800 bits per heavy atom. The third-order valence-corrected chi connectivity index (χ3v) is 1.22. The molecule has 15 heavy (non-hydrogen) atoms. The summed E-state index contributed by atoms with van der Waals surface area (Å²) in [4.78, 5) is 31.8. The Kier molecular flexibility index (Phi) is 7.85. The van der Waals surface area contributed by atoms with Crippen molar-refractivity contribution in [2.24, 2.45) is 5.92 Å². The molecule has 7 nitrogen and oxygen atoms in total. The summed E-state index contributed by atoms with van der Waals surface area (Å²) in [5.41, 5.74) is 0. The molecule has 0 atom stereocenters. The Hall–Kier alpha value is -0.436. The van der Waals surface area contributed by atoms with Gasteiger partial charge in [0, 0.05) is 0 Å². The van der Waals surface area contributed by atoms with Crippen LogP contribution in [-0.4, -0.2) is 32.1 Å². The summed E-state index contributed by atoms with van der Waals surface area (Å²) in [6.07, 6.45) is 0. The van der Waals surface area contributed by atoms with E-state index in [0.29, 0.717) is 0 Å². The molecule has 0 aliphatic carbocycles. The molecule has 0 unspecified atom stereocenters. The first-order chi connectivity index (χ1) is 6.46. The van der Waals surface area contributed by atoms with Gasteiger partial charge in [0.1, 0.15) is 23.3 Å². The molecule has 0 saturated heterocycles. The number of Topliss-reactive ketones (excluding diaryl/α,β-unsaturated/α-hetero) is 3. The van der Waals surface area contributed by atoms with Crippen LogP contribution in [0.3, 0.4) is 0 Å². The summed E-state index contributed by atoms with van der Waals surface area (Å²) < 4.78 is 29.5. The van der Waals surface area contributed by atoms with E-state index in [1.165, 1.54) is 20.8 Å². The van der Waals surface area contributed by atoms with E-state index >= 15 is 0 Å². The van der Waals surface area contributed by atoms with Crippen LogP contribution in [0.15, 0.2) is 0 Å². The predicted molar refractivity (Wildman–Crippen MR) is 44.4 cm³/mol. The Morgan fingerprint density at radius 3 is 0.933 bits per heavy atom. The van der Waals surface area contributed by atoms with Crippen LogP contribution in [-0.2, 0) is 32.5 Å². The van der Waals surface area contributed by atoms with Gasteiger partial charge in [0.15, 0.2) is 0 Å². The fourth-order valence-electron chi connectivity index (χ4n) is 0.859. The minimum atomic E-state index is -5.00. The number of ketones is 3. The summed E-state index contributed by atoms with van der Waals surface area (Å²) in [6.45, 7) is 3.73. The monoisotopic (exact) mass is 258 g/mol. The Balaban J connectivity index is 0. The van der Waals surface area contributed by atoms with Crippen molar-refractivity contribution in [1.82, 2.24) is 0 Å². The normalized spacial score (nSPS) is 10.4. The van der Waals surface area contributed by atoms with Gasteiger partial charge in [-0.05, 0) is 20.8 Å². The first-order valence-corrected chi connectivity index (χ1v) is 6.67. The molecule has 0 radical (unpaired) electrons. The second kappa shape index (κ2) is 6.94. The van der Waals surface area contributed by atoms with Crippen molar-refractivity contribution in [2.45, 2.75) is 20.8 Å². The first-order valence-electron chi connectivity index (χ1n) is 3.87. The zero-order valence-electron chi connectivity index (χ0n) is 8.59. The van der Waals surface area contributed by atoms with Crippen LogP contribution in [0.4, 0.5) is 0 Å². The number of hydrogen-bond acceptors (Lipinski definition) is 7. The summed E-state index contributed by atoms with van der Waals surface area (Å²) in [7, 11) is 0. The van der Waals surface area contributed by atoms with E-state index in [1.807, 2.05) is 0 Å². The van der Waals surface area contributed by atoms with Crippen LogP contribution in [0.1, 0.15) is 20.8 Å². The maximum atomic E-state index is 10.6. The van der Waals surface area contributed by atoms with Gasteiger partial charge < -0.3 is 0 Å². The van der Waals surface area contributed by atoms with E-state index < -0.39 is 24.1 Å². The van der Waals surface area contributed by atoms with Crippen LogP contribution >= 0.6 is 0 Å². The Morgan fingerprint density at radius 2 is 0.933 bits per heavy atom. The molecule has 0 aromatic rings. The zero-order valence-corrected chi connectivity index (χ0v) is 10.2. The van der Waals surface area contributed by atoms with Gasteiger partial charge >= 0.3 is 32.9 Å². The van der Waals surface area contributed by atoms with Crippen LogP contribution < -0.4 is 0 Å².